The molecule has 2 N–H and O–H groups in total. The highest BCUT2D eigenvalue weighted by atomic mass is 19.1. The molecular weight excluding hydrogens is 363 g/mol. The minimum Gasteiger partial charge on any atom is -0.355 e. The monoisotopic (exact) mass is 384 g/mol. The van der Waals surface area contributed by atoms with Crippen LogP contribution in [-0.2, 0) is 20.9 Å². The Morgan fingerprint density at radius 3 is 2.64 bits per heavy atom. The van der Waals surface area contributed by atoms with Gasteiger partial charge in [0.25, 0.3) is 0 Å². The molecule has 1 atom stereocenters. The highest BCUT2D eigenvalue weighted by molar-refractivity contribution is 6.00. The Morgan fingerprint density at radius 2 is 1.93 bits per heavy atom. The summed E-state index contributed by atoms with van der Waals surface area (Å²) < 4.78 is 13.0. The predicted molar refractivity (Wildman–Crippen MR) is 101 cm³/mol. The van der Waals surface area contributed by atoms with Crippen molar-refractivity contribution in [2.24, 2.45) is 5.92 Å². The van der Waals surface area contributed by atoms with E-state index in [1.165, 1.54) is 29.2 Å². The van der Waals surface area contributed by atoms with Crippen molar-refractivity contribution in [1.82, 2.24) is 15.6 Å². The van der Waals surface area contributed by atoms with Gasteiger partial charge in [-0.3, -0.25) is 19.4 Å². The molecular formula is C20H21FN4O3. The standard InChI is InChI=1S/C20H21FN4O3/c21-15-4-6-17(7-5-15)25-13-14(11-19(25)27)20(28)23-10-8-18(26)24-12-16-3-1-2-9-22-16/h1-7,9,14H,8,10-13H2,(H,23,28)(H,24,26)/t14-/m1/s1. The van der Waals surface area contributed by atoms with Crippen molar-refractivity contribution >= 4 is 23.4 Å². The Bertz CT molecular complexity index is 842. The molecule has 0 spiro atoms. The van der Waals surface area contributed by atoms with E-state index in [9.17, 15) is 18.8 Å². The summed E-state index contributed by atoms with van der Waals surface area (Å²) in [6, 6.07) is 11.0. The number of carbonyl (C=O) groups excluding carboxylic acids is 3. The lowest BCUT2D eigenvalue weighted by molar-refractivity contribution is -0.126. The van der Waals surface area contributed by atoms with Gasteiger partial charge in [-0.2, -0.15) is 0 Å². The number of anilines is 1. The largest absolute Gasteiger partial charge is 0.355 e. The van der Waals surface area contributed by atoms with Crippen molar-refractivity contribution in [1.29, 1.82) is 0 Å². The molecule has 1 aromatic heterocycles. The highest BCUT2D eigenvalue weighted by Gasteiger charge is 2.34. The molecule has 2 aromatic rings. The van der Waals surface area contributed by atoms with Gasteiger partial charge in [-0.15, -0.1) is 0 Å². The topological polar surface area (TPSA) is 91.4 Å². The van der Waals surface area contributed by atoms with Crippen LogP contribution in [0, 0.1) is 11.7 Å². The van der Waals surface area contributed by atoms with Crippen molar-refractivity contribution in [3.63, 3.8) is 0 Å². The third-order valence-electron chi connectivity index (χ3n) is 4.48. The average molecular weight is 384 g/mol. The predicted octanol–water partition coefficient (Wildman–Crippen LogP) is 1.40. The minimum atomic E-state index is -0.492. The van der Waals surface area contributed by atoms with E-state index in [1.54, 1.807) is 12.3 Å². The summed E-state index contributed by atoms with van der Waals surface area (Å²) in [6.07, 6.45) is 1.88. The first kappa shape index (κ1) is 19.5. The number of carbonyl (C=O) groups is 3. The maximum Gasteiger partial charge on any atom is 0.227 e. The summed E-state index contributed by atoms with van der Waals surface area (Å²) >= 11 is 0. The molecule has 1 saturated heterocycles. The number of hydrogen-bond donors (Lipinski definition) is 2. The van der Waals surface area contributed by atoms with Crippen molar-refractivity contribution < 1.29 is 18.8 Å². The van der Waals surface area contributed by atoms with Crippen LogP contribution in [0.5, 0.6) is 0 Å². The quantitative estimate of drug-likeness (QED) is 0.755. The van der Waals surface area contributed by atoms with Crippen LogP contribution in [0.2, 0.25) is 0 Å². The van der Waals surface area contributed by atoms with E-state index in [1.807, 2.05) is 12.1 Å². The molecule has 146 valence electrons. The zero-order chi connectivity index (χ0) is 19.9. The molecule has 1 aliphatic rings. The lowest BCUT2D eigenvalue weighted by atomic mass is 10.1. The van der Waals surface area contributed by atoms with E-state index in [2.05, 4.69) is 15.6 Å². The molecule has 1 fully saturated rings. The lowest BCUT2D eigenvalue weighted by Gasteiger charge is -2.16. The van der Waals surface area contributed by atoms with Gasteiger partial charge in [-0.25, -0.2) is 4.39 Å². The third kappa shape index (κ3) is 5.12. The van der Waals surface area contributed by atoms with Crippen LogP contribution in [0.25, 0.3) is 0 Å². The number of nitrogens with zero attached hydrogens (tertiary/aromatic N) is 2. The molecule has 1 aliphatic heterocycles. The zero-order valence-corrected chi connectivity index (χ0v) is 15.2. The van der Waals surface area contributed by atoms with E-state index >= 15 is 0 Å². The summed E-state index contributed by atoms with van der Waals surface area (Å²) in [5, 5.41) is 5.44. The first-order valence-electron chi connectivity index (χ1n) is 9.03. The fourth-order valence-corrected chi connectivity index (χ4v) is 2.98. The lowest BCUT2D eigenvalue weighted by Crippen LogP contribution is -2.35. The Kier molecular flexibility index (Phi) is 6.31. The van der Waals surface area contributed by atoms with Crippen LogP contribution in [-0.4, -0.2) is 35.8 Å². The van der Waals surface area contributed by atoms with Crippen molar-refractivity contribution in [2.75, 3.05) is 18.0 Å². The second-order valence-corrected chi connectivity index (χ2v) is 6.52. The normalized spacial score (nSPS) is 16.1. The first-order chi connectivity index (χ1) is 13.5. The minimum absolute atomic E-state index is 0.0923. The first-order valence-corrected chi connectivity index (χ1v) is 9.03. The van der Waals surface area contributed by atoms with E-state index in [-0.39, 0.29) is 49.5 Å². The van der Waals surface area contributed by atoms with Gasteiger partial charge in [0.2, 0.25) is 17.7 Å². The fourth-order valence-electron chi connectivity index (χ4n) is 2.98. The van der Waals surface area contributed by atoms with Gasteiger partial charge in [0.15, 0.2) is 0 Å². The Balaban J connectivity index is 1.41. The second-order valence-electron chi connectivity index (χ2n) is 6.52. The van der Waals surface area contributed by atoms with Crippen LogP contribution < -0.4 is 15.5 Å². The van der Waals surface area contributed by atoms with E-state index < -0.39 is 5.92 Å². The van der Waals surface area contributed by atoms with Gasteiger partial charge < -0.3 is 15.5 Å². The van der Waals surface area contributed by atoms with Gasteiger partial charge in [-0.1, -0.05) is 6.07 Å². The van der Waals surface area contributed by atoms with Gasteiger partial charge in [0.1, 0.15) is 5.82 Å². The van der Waals surface area contributed by atoms with Gasteiger partial charge in [-0.05, 0) is 36.4 Å². The molecule has 28 heavy (non-hydrogen) atoms. The van der Waals surface area contributed by atoms with Gasteiger partial charge in [0, 0.05) is 37.8 Å². The molecule has 2 heterocycles. The zero-order valence-electron chi connectivity index (χ0n) is 15.2. The molecule has 7 nitrogen and oxygen atoms in total. The number of pyridine rings is 1. The van der Waals surface area contributed by atoms with E-state index in [0.29, 0.717) is 12.2 Å². The maximum atomic E-state index is 13.0. The van der Waals surface area contributed by atoms with Crippen molar-refractivity contribution in [3.8, 4) is 0 Å². The van der Waals surface area contributed by atoms with Gasteiger partial charge in [0.05, 0.1) is 18.2 Å². The SMILES string of the molecule is O=C(CCNC(=O)[C@@H]1CC(=O)N(c2ccc(F)cc2)C1)NCc1ccccn1. The van der Waals surface area contributed by atoms with Crippen LogP contribution in [0.1, 0.15) is 18.5 Å². The fraction of sp³-hybridized carbons (Fsp3) is 0.300. The summed E-state index contributed by atoms with van der Waals surface area (Å²) in [6.45, 7) is 0.758. The summed E-state index contributed by atoms with van der Waals surface area (Å²) in [5.41, 5.74) is 1.32. The average Bonchev–Trinajstić information content (AvgIpc) is 3.09. The molecule has 0 bridgehead atoms. The summed E-state index contributed by atoms with van der Waals surface area (Å²) in [5.74, 6) is -1.52. The molecule has 3 amide bonds. The molecule has 0 radical (unpaired) electrons. The van der Waals surface area contributed by atoms with Crippen LogP contribution in [0.15, 0.2) is 48.7 Å². The van der Waals surface area contributed by atoms with E-state index in [0.717, 1.165) is 5.69 Å². The van der Waals surface area contributed by atoms with Gasteiger partial charge >= 0.3 is 0 Å². The number of aromatic nitrogens is 1. The molecule has 0 unspecified atom stereocenters. The Hall–Kier alpha value is -3.29. The van der Waals surface area contributed by atoms with Crippen molar-refractivity contribution in [3.05, 3.63) is 60.2 Å². The van der Waals surface area contributed by atoms with Crippen LogP contribution >= 0.6 is 0 Å². The Labute approximate surface area is 161 Å². The molecule has 0 aliphatic carbocycles. The highest BCUT2D eigenvalue weighted by Crippen LogP contribution is 2.25. The number of halogens is 1. The van der Waals surface area contributed by atoms with E-state index in [4.69, 9.17) is 0 Å². The maximum absolute atomic E-state index is 13.0. The number of nitrogens with one attached hydrogen (secondary N) is 2. The molecule has 3 rings (SSSR count). The number of rotatable bonds is 7. The van der Waals surface area contributed by atoms with Crippen LogP contribution in [0.4, 0.5) is 10.1 Å². The molecule has 8 heteroatoms. The third-order valence-corrected chi connectivity index (χ3v) is 4.48. The smallest absolute Gasteiger partial charge is 0.227 e. The molecule has 0 saturated carbocycles. The molecule has 1 aromatic carbocycles. The number of amides is 3. The van der Waals surface area contributed by atoms with Crippen LogP contribution in [0.3, 0.4) is 0 Å². The summed E-state index contributed by atoms with van der Waals surface area (Å²) in [7, 11) is 0. The number of hydrogen-bond acceptors (Lipinski definition) is 4. The van der Waals surface area contributed by atoms with Crippen molar-refractivity contribution in [2.45, 2.75) is 19.4 Å². The number of benzene rings is 1. The Morgan fingerprint density at radius 1 is 1.14 bits per heavy atom. The summed E-state index contributed by atoms with van der Waals surface area (Å²) in [4.78, 5) is 41.9. The second kappa shape index (κ2) is 9.07.